The molecule has 1 aliphatic heterocycles. The van der Waals surface area contributed by atoms with E-state index < -0.39 is 10.0 Å². The van der Waals surface area contributed by atoms with Crippen molar-refractivity contribution in [3.05, 3.63) is 60.2 Å². The Morgan fingerprint density at radius 1 is 0.893 bits per heavy atom. The molecule has 148 valence electrons. The molecule has 0 saturated carbocycles. The molecule has 3 rings (SSSR count). The van der Waals surface area contributed by atoms with Crippen molar-refractivity contribution in [2.45, 2.75) is 37.0 Å². The SMILES string of the molecule is O=C(CCCC(=O)c1ccccc1)Nc1ccc(S(=O)(=O)N2CCCC2)cc1. The first kappa shape index (κ1) is 20.2. The first-order valence-corrected chi connectivity index (χ1v) is 10.9. The summed E-state index contributed by atoms with van der Waals surface area (Å²) in [5, 5.41) is 2.74. The molecule has 0 radical (unpaired) electrons. The van der Waals surface area contributed by atoms with Crippen molar-refractivity contribution in [1.82, 2.24) is 4.31 Å². The summed E-state index contributed by atoms with van der Waals surface area (Å²) in [6, 6.07) is 15.2. The molecule has 0 unspecified atom stereocenters. The van der Waals surface area contributed by atoms with Crippen LogP contribution in [0.3, 0.4) is 0 Å². The number of Topliss-reactive ketones (excluding diaryl/α,β-unsaturated/α-hetero) is 1. The molecule has 2 aromatic rings. The quantitative estimate of drug-likeness (QED) is 0.688. The topological polar surface area (TPSA) is 83.5 Å². The van der Waals surface area contributed by atoms with E-state index in [9.17, 15) is 18.0 Å². The first-order valence-electron chi connectivity index (χ1n) is 9.45. The number of nitrogens with zero attached hydrogens (tertiary/aromatic N) is 1. The minimum absolute atomic E-state index is 0.0184. The third kappa shape index (κ3) is 5.05. The molecular formula is C21H24N2O4S. The van der Waals surface area contributed by atoms with Crippen LogP contribution in [0.2, 0.25) is 0 Å². The van der Waals surface area contributed by atoms with Gasteiger partial charge in [-0.1, -0.05) is 30.3 Å². The zero-order chi connectivity index (χ0) is 20.0. The molecule has 1 heterocycles. The predicted octanol–water partition coefficient (Wildman–Crippen LogP) is 3.46. The normalized spacial score (nSPS) is 14.7. The maximum atomic E-state index is 12.5. The molecule has 1 fully saturated rings. The molecule has 6 nitrogen and oxygen atoms in total. The summed E-state index contributed by atoms with van der Waals surface area (Å²) in [6.45, 7) is 1.12. The molecule has 1 saturated heterocycles. The second-order valence-corrected chi connectivity index (χ2v) is 8.76. The van der Waals surface area contributed by atoms with Crippen LogP contribution in [0, 0.1) is 0 Å². The number of nitrogens with one attached hydrogen (secondary N) is 1. The highest BCUT2D eigenvalue weighted by atomic mass is 32.2. The van der Waals surface area contributed by atoms with Gasteiger partial charge in [-0.15, -0.1) is 0 Å². The number of anilines is 1. The third-order valence-electron chi connectivity index (χ3n) is 4.74. The average Bonchev–Trinajstić information content (AvgIpc) is 3.25. The van der Waals surface area contributed by atoms with Crippen molar-refractivity contribution in [3.63, 3.8) is 0 Å². The van der Waals surface area contributed by atoms with E-state index in [2.05, 4.69) is 5.32 Å². The van der Waals surface area contributed by atoms with Gasteiger partial charge in [0.1, 0.15) is 0 Å². The minimum Gasteiger partial charge on any atom is -0.326 e. The van der Waals surface area contributed by atoms with Crippen LogP contribution in [0.4, 0.5) is 5.69 Å². The second-order valence-electron chi connectivity index (χ2n) is 6.83. The summed E-state index contributed by atoms with van der Waals surface area (Å²) in [4.78, 5) is 24.3. The Morgan fingerprint density at radius 2 is 1.54 bits per heavy atom. The largest absolute Gasteiger partial charge is 0.326 e. The number of amides is 1. The third-order valence-corrected chi connectivity index (χ3v) is 6.66. The van der Waals surface area contributed by atoms with E-state index in [-0.39, 0.29) is 23.0 Å². The molecule has 0 aromatic heterocycles. The maximum Gasteiger partial charge on any atom is 0.243 e. The molecule has 1 N–H and O–H groups in total. The lowest BCUT2D eigenvalue weighted by molar-refractivity contribution is -0.116. The van der Waals surface area contributed by atoms with Crippen LogP contribution in [0.15, 0.2) is 59.5 Å². The molecular weight excluding hydrogens is 376 g/mol. The highest BCUT2D eigenvalue weighted by Crippen LogP contribution is 2.22. The lowest BCUT2D eigenvalue weighted by atomic mass is 10.1. The zero-order valence-electron chi connectivity index (χ0n) is 15.6. The van der Waals surface area contributed by atoms with Gasteiger partial charge in [-0.05, 0) is 43.5 Å². The van der Waals surface area contributed by atoms with Crippen molar-refractivity contribution in [1.29, 1.82) is 0 Å². The van der Waals surface area contributed by atoms with E-state index in [1.165, 1.54) is 16.4 Å². The highest BCUT2D eigenvalue weighted by Gasteiger charge is 2.26. The Morgan fingerprint density at radius 3 is 2.18 bits per heavy atom. The molecule has 28 heavy (non-hydrogen) atoms. The Bertz CT molecular complexity index is 919. The maximum absolute atomic E-state index is 12.5. The fraction of sp³-hybridized carbons (Fsp3) is 0.333. The number of hydrogen-bond acceptors (Lipinski definition) is 4. The number of ketones is 1. The van der Waals surface area contributed by atoms with Gasteiger partial charge in [0.05, 0.1) is 4.90 Å². The molecule has 0 bridgehead atoms. The fourth-order valence-corrected chi connectivity index (χ4v) is 4.71. The van der Waals surface area contributed by atoms with Crippen molar-refractivity contribution in [3.8, 4) is 0 Å². The van der Waals surface area contributed by atoms with Crippen molar-refractivity contribution in [2.75, 3.05) is 18.4 Å². The lowest BCUT2D eigenvalue weighted by Crippen LogP contribution is -2.27. The molecule has 0 spiro atoms. The number of carbonyl (C=O) groups is 2. The Kier molecular flexibility index (Phi) is 6.59. The average molecular weight is 401 g/mol. The molecule has 1 aliphatic rings. The van der Waals surface area contributed by atoms with E-state index in [0.717, 1.165) is 12.8 Å². The van der Waals surface area contributed by atoms with E-state index in [0.29, 0.717) is 37.2 Å². The van der Waals surface area contributed by atoms with Crippen LogP contribution < -0.4 is 5.32 Å². The number of rotatable bonds is 8. The van der Waals surface area contributed by atoms with E-state index in [1.54, 1.807) is 24.3 Å². The molecule has 2 aromatic carbocycles. The van der Waals surface area contributed by atoms with Crippen LogP contribution in [0.25, 0.3) is 0 Å². The number of sulfonamides is 1. The van der Waals surface area contributed by atoms with Gasteiger partial charge in [-0.3, -0.25) is 9.59 Å². The second kappa shape index (κ2) is 9.12. The van der Waals surface area contributed by atoms with E-state index in [4.69, 9.17) is 0 Å². The van der Waals surface area contributed by atoms with Gasteiger partial charge in [0.15, 0.2) is 5.78 Å². The Balaban J connectivity index is 1.48. The van der Waals surface area contributed by atoms with Gasteiger partial charge in [0.25, 0.3) is 0 Å². The summed E-state index contributed by atoms with van der Waals surface area (Å²) in [5.41, 5.74) is 1.19. The zero-order valence-corrected chi connectivity index (χ0v) is 16.5. The van der Waals surface area contributed by atoms with Crippen LogP contribution >= 0.6 is 0 Å². The summed E-state index contributed by atoms with van der Waals surface area (Å²) >= 11 is 0. The van der Waals surface area contributed by atoms with Crippen LogP contribution in [0.5, 0.6) is 0 Å². The van der Waals surface area contributed by atoms with Gasteiger partial charge in [0, 0.05) is 37.2 Å². The van der Waals surface area contributed by atoms with Crippen LogP contribution in [-0.2, 0) is 14.8 Å². The highest BCUT2D eigenvalue weighted by molar-refractivity contribution is 7.89. The number of carbonyl (C=O) groups excluding carboxylic acids is 2. The first-order chi connectivity index (χ1) is 13.5. The van der Waals surface area contributed by atoms with Gasteiger partial charge in [0.2, 0.25) is 15.9 Å². The minimum atomic E-state index is -3.45. The fourth-order valence-electron chi connectivity index (χ4n) is 3.19. The van der Waals surface area contributed by atoms with Gasteiger partial charge in [-0.2, -0.15) is 4.31 Å². The predicted molar refractivity (Wildman–Crippen MR) is 108 cm³/mol. The Hall–Kier alpha value is -2.51. The molecule has 0 aliphatic carbocycles. The van der Waals surface area contributed by atoms with Gasteiger partial charge >= 0.3 is 0 Å². The van der Waals surface area contributed by atoms with Crippen molar-refractivity contribution < 1.29 is 18.0 Å². The molecule has 1 amide bonds. The lowest BCUT2D eigenvalue weighted by Gasteiger charge is -2.15. The number of benzene rings is 2. The summed E-state index contributed by atoms with van der Waals surface area (Å²) in [6.07, 6.45) is 2.78. The summed E-state index contributed by atoms with van der Waals surface area (Å²) < 4.78 is 26.5. The van der Waals surface area contributed by atoms with Crippen molar-refractivity contribution in [2.24, 2.45) is 0 Å². The monoisotopic (exact) mass is 400 g/mol. The van der Waals surface area contributed by atoms with E-state index >= 15 is 0 Å². The summed E-state index contributed by atoms with van der Waals surface area (Å²) in [7, 11) is -3.45. The molecule has 7 heteroatoms. The van der Waals surface area contributed by atoms with Crippen molar-refractivity contribution >= 4 is 27.4 Å². The summed E-state index contributed by atoms with van der Waals surface area (Å²) in [5.74, 6) is -0.180. The van der Waals surface area contributed by atoms with Crippen LogP contribution in [0.1, 0.15) is 42.5 Å². The number of hydrogen-bond donors (Lipinski definition) is 1. The van der Waals surface area contributed by atoms with Gasteiger partial charge in [-0.25, -0.2) is 8.42 Å². The van der Waals surface area contributed by atoms with Crippen LogP contribution in [-0.4, -0.2) is 37.5 Å². The standard InChI is InChI=1S/C21H24N2O4S/c24-20(17-7-2-1-3-8-17)9-6-10-21(25)22-18-11-13-19(14-12-18)28(26,27)23-15-4-5-16-23/h1-3,7-8,11-14H,4-6,9-10,15-16H2,(H,22,25). The van der Waals surface area contributed by atoms with E-state index in [1.807, 2.05) is 18.2 Å². The van der Waals surface area contributed by atoms with Gasteiger partial charge < -0.3 is 5.32 Å². The smallest absolute Gasteiger partial charge is 0.243 e. The Labute approximate surface area is 165 Å². The molecule has 0 atom stereocenters.